The normalized spacial score (nSPS) is 30.5. The van der Waals surface area contributed by atoms with Crippen LogP contribution in [0.25, 0.3) is 0 Å². The lowest BCUT2D eigenvalue weighted by Gasteiger charge is -2.39. The van der Waals surface area contributed by atoms with Gasteiger partial charge >= 0.3 is 0 Å². The molecule has 1 fully saturated rings. The number of hydrogen-bond acceptors (Lipinski definition) is 4. The molecular weight excluding hydrogens is 200 g/mol. The number of piperazine rings is 1. The van der Waals surface area contributed by atoms with Gasteiger partial charge in [0.25, 0.3) is 0 Å². The molecule has 84 valence electrons. The Balaban J connectivity index is 2.48. The highest BCUT2D eigenvalue weighted by Crippen LogP contribution is 2.09. The molecule has 4 nitrogen and oxygen atoms in total. The van der Waals surface area contributed by atoms with Crippen molar-refractivity contribution < 1.29 is 8.42 Å². The molecule has 1 aliphatic rings. The fraction of sp³-hybridized carbons (Fsp3) is 1.00. The van der Waals surface area contributed by atoms with Crippen LogP contribution in [0.2, 0.25) is 0 Å². The van der Waals surface area contributed by atoms with E-state index in [0.29, 0.717) is 18.6 Å². The van der Waals surface area contributed by atoms with E-state index < -0.39 is 9.84 Å². The number of nitrogens with one attached hydrogen (secondary N) is 1. The maximum absolute atomic E-state index is 11.0. The van der Waals surface area contributed by atoms with Gasteiger partial charge < -0.3 is 5.32 Å². The third-order valence-corrected chi connectivity index (χ3v) is 3.66. The van der Waals surface area contributed by atoms with Gasteiger partial charge in [-0.05, 0) is 13.8 Å². The molecule has 1 N–H and O–H groups in total. The number of sulfone groups is 1. The summed E-state index contributed by atoms with van der Waals surface area (Å²) >= 11 is 0. The molecule has 1 aliphatic heterocycles. The highest BCUT2D eigenvalue weighted by molar-refractivity contribution is 7.90. The molecule has 1 rings (SSSR count). The summed E-state index contributed by atoms with van der Waals surface area (Å²) in [7, 11) is -2.83. The van der Waals surface area contributed by atoms with E-state index in [4.69, 9.17) is 0 Å². The average molecular weight is 220 g/mol. The second-order valence-corrected chi connectivity index (χ2v) is 6.48. The van der Waals surface area contributed by atoms with Crippen LogP contribution in [-0.4, -0.2) is 57.0 Å². The van der Waals surface area contributed by atoms with Crippen molar-refractivity contribution >= 4 is 9.84 Å². The summed E-state index contributed by atoms with van der Waals surface area (Å²) in [6.45, 7) is 6.82. The first-order valence-corrected chi connectivity index (χ1v) is 7.10. The van der Waals surface area contributed by atoms with Crippen LogP contribution in [0.5, 0.6) is 0 Å². The maximum Gasteiger partial charge on any atom is 0.148 e. The predicted octanol–water partition coefficient (Wildman–Crippen LogP) is -0.287. The summed E-state index contributed by atoms with van der Waals surface area (Å²) in [4.78, 5) is 2.26. The molecular formula is C9H20N2O2S. The highest BCUT2D eigenvalue weighted by atomic mass is 32.2. The molecule has 0 aromatic heterocycles. The Kier molecular flexibility index (Phi) is 3.92. The Hall–Kier alpha value is -0.130. The van der Waals surface area contributed by atoms with Crippen molar-refractivity contribution in [2.45, 2.75) is 25.9 Å². The zero-order chi connectivity index (χ0) is 10.8. The Morgan fingerprint density at radius 1 is 1.29 bits per heavy atom. The topological polar surface area (TPSA) is 49.4 Å². The van der Waals surface area contributed by atoms with Gasteiger partial charge in [0, 0.05) is 38.0 Å². The van der Waals surface area contributed by atoms with Crippen LogP contribution >= 0.6 is 0 Å². The Morgan fingerprint density at radius 3 is 2.21 bits per heavy atom. The van der Waals surface area contributed by atoms with Gasteiger partial charge in [-0.1, -0.05) is 0 Å². The van der Waals surface area contributed by atoms with Gasteiger partial charge in [-0.3, -0.25) is 4.90 Å². The Bertz CT molecular complexity index is 267. The van der Waals surface area contributed by atoms with Gasteiger partial charge in [0.2, 0.25) is 0 Å². The molecule has 0 saturated carbocycles. The lowest BCUT2D eigenvalue weighted by molar-refractivity contribution is 0.125. The molecule has 0 aromatic rings. The third kappa shape index (κ3) is 3.55. The predicted molar refractivity (Wildman–Crippen MR) is 58.2 cm³/mol. The van der Waals surface area contributed by atoms with Crippen molar-refractivity contribution in [3.63, 3.8) is 0 Å². The fourth-order valence-electron chi connectivity index (χ4n) is 1.88. The molecule has 0 amide bonds. The SMILES string of the molecule is CC1CNCC(C)N1CCS(C)(=O)=O. The van der Waals surface area contributed by atoms with Gasteiger partial charge in [-0.15, -0.1) is 0 Å². The van der Waals surface area contributed by atoms with Gasteiger partial charge in [0.05, 0.1) is 5.75 Å². The number of nitrogens with zero attached hydrogens (tertiary/aromatic N) is 1. The van der Waals surface area contributed by atoms with Crippen LogP contribution < -0.4 is 5.32 Å². The Morgan fingerprint density at radius 2 is 1.79 bits per heavy atom. The van der Waals surface area contributed by atoms with Gasteiger partial charge in [-0.25, -0.2) is 8.42 Å². The van der Waals surface area contributed by atoms with Crippen molar-refractivity contribution in [2.75, 3.05) is 31.6 Å². The van der Waals surface area contributed by atoms with Crippen LogP contribution in [0.4, 0.5) is 0 Å². The Labute approximate surface area is 86.6 Å². The number of hydrogen-bond donors (Lipinski definition) is 1. The zero-order valence-electron chi connectivity index (χ0n) is 9.16. The zero-order valence-corrected chi connectivity index (χ0v) is 9.97. The summed E-state index contributed by atoms with van der Waals surface area (Å²) in [6, 6.07) is 0.862. The molecule has 14 heavy (non-hydrogen) atoms. The van der Waals surface area contributed by atoms with Crippen LogP contribution in [0.15, 0.2) is 0 Å². The molecule has 0 bridgehead atoms. The molecule has 0 radical (unpaired) electrons. The second kappa shape index (κ2) is 4.59. The van der Waals surface area contributed by atoms with E-state index in [1.165, 1.54) is 6.26 Å². The third-order valence-electron chi connectivity index (χ3n) is 2.73. The summed E-state index contributed by atoms with van der Waals surface area (Å²) in [5.41, 5.74) is 0. The minimum absolute atomic E-state index is 0.266. The van der Waals surface area contributed by atoms with E-state index in [1.54, 1.807) is 0 Å². The molecule has 1 saturated heterocycles. The smallest absolute Gasteiger partial charge is 0.148 e. The summed E-state index contributed by atoms with van der Waals surface area (Å²) in [5, 5.41) is 3.32. The lowest BCUT2D eigenvalue weighted by atomic mass is 10.1. The molecule has 5 heteroatoms. The summed E-state index contributed by atoms with van der Waals surface area (Å²) in [6.07, 6.45) is 1.30. The van der Waals surface area contributed by atoms with Gasteiger partial charge in [0.15, 0.2) is 0 Å². The second-order valence-electron chi connectivity index (χ2n) is 4.22. The van der Waals surface area contributed by atoms with Gasteiger partial charge in [-0.2, -0.15) is 0 Å². The maximum atomic E-state index is 11.0. The fourth-order valence-corrected chi connectivity index (χ4v) is 2.42. The summed E-state index contributed by atoms with van der Waals surface area (Å²) in [5.74, 6) is 0.266. The average Bonchev–Trinajstić information content (AvgIpc) is 2.01. The highest BCUT2D eigenvalue weighted by Gasteiger charge is 2.24. The van der Waals surface area contributed by atoms with Crippen molar-refractivity contribution in [1.29, 1.82) is 0 Å². The van der Waals surface area contributed by atoms with E-state index in [1.807, 2.05) is 0 Å². The minimum Gasteiger partial charge on any atom is -0.314 e. The first-order chi connectivity index (χ1) is 6.40. The first kappa shape index (κ1) is 11.9. The van der Waals surface area contributed by atoms with Crippen LogP contribution in [0.1, 0.15) is 13.8 Å². The lowest BCUT2D eigenvalue weighted by Crippen LogP contribution is -2.55. The van der Waals surface area contributed by atoms with E-state index in [-0.39, 0.29) is 5.75 Å². The van der Waals surface area contributed by atoms with Crippen LogP contribution in [0.3, 0.4) is 0 Å². The number of rotatable bonds is 3. The molecule has 2 unspecified atom stereocenters. The van der Waals surface area contributed by atoms with Gasteiger partial charge in [0.1, 0.15) is 9.84 Å². The molecule has 0 aromatic carbocycles. The minimum atomic E-state index is -2.83. The van der Waals surface area contributed by atoms with E-state index >= 15 is 0 Å². The standard InChI is InChI=1S/C9H20N2O2S/c1-8-6-10-7-9(2)11(8)4-5-14(3,12)13/h8-10H,4-7H2,1-3H3. The largest absolute Gasteiger partial charge is 0.314 e. The summed E-state index contributed by atoms with van der Waals surface area (Å²) < 4.78 is 22.1. The van der Waals surface area contributed by atoms with Crippen molar-refractivity contribution in [2.24, 2.45) is 0 Å². The molecule has 1 heterocycles. The van der Waals surface area contributed by atoms with E-state index in [9.17, 15) is 8.42 Å². The van der Waals surface area contributed by atoms with Crippen molar-refractivity contribution in [1.82, 2.24) is 10.2 Å². The molecule has 0 aliphatic carbocycles. The van der Waals surface area contributed by atoms with E-state index in [2.05, 4.69) is 24.1 Å². The molecule has 2 atom stereocenters. The monoisotopic (exact) mass is 220 g/mol. The van der Waals surface area contributed by atoms with Crippen molar-refractivity contribution in [3.05, 3.63) is 0 Å². The quantitative estimate of drug-likeness (QED) is 0.710. The van der Waals surface area contributed by atoms with Crippen molar-refractivity contribution in [3.8, 4) is 0 Å². The first-order valence-electron chi connectivity index (χ1n) is 5.04. The van der Waals surface area contributed by atoms with Crippen LogP contribution in [-0.2, 0) is 9.84 Å². The van der Waals surface area contributed by atoms with E-state index in [0.717, 1.165) is 13.1 Å². The van der Waals surface area contributed by atoms with Crippen LogP contribution in [0, 0.1) is 0 Å². The molecule has 0 spiro atoms.